The Hall–Kier alpha value is -3.72. The van der Waals surface area contributed by atoms with Crippen molar-refractivity contribution in [2.24, 2.45) is 0 Å². The molecule has 0 saturated carbocycles. The van der Waals surface area contributed by atoms with Crippen LogP contribution in [0.25, 0.3) is 28.4 Å². The zero-order valence-corrected chi connectivity index (χ0v) is 21.8. The lowest BCUT2D eigenvalue weighted by molar-refractivity contribution is -0.131. The highest BCUT2D eigenvalue weighted by Gasteiger charge is 2.18. The van der Waals surface area contributed by atoms with Gasteiger partial charge in [0.15, 0.2) is 5.82 Å². The molecular formula is C27H20Cl2N4O3S. The largest absolute Gasteiger partial charge is 0.496 e. The van der Waals surface area contributed by atoms with Gasteiger partial charge in [0.25, 0.3) is 0 Å². The Kier molecular flexibility index (Phi) is 7.23. The molecule has 0 aliphatic rings. The second-order valence-corrected chi connectivity index (χ2v) is 9.97. The summed E-state index contributed by atoms with van der Waals surface area (Å²) in [6, 6.07) is 20.7. The molecule has 2 aromatic heterocycles. The van der Waals surface area contributed by atoms with Crippen molar-refractivity contribution in [2.45, 2.75) is 11.7 Å². The molecule has 0 aliphatic heterocycles. The first kappa shape index (κ1) is 25.0. The minimum absolute atomic E-state index is 0.0780. The fraction of sp³-hybridized carbons (Fsp3) is 0.0741. The van der Waals surface area contributed by atoms with Gasteiger partial charge in [0.1, 0.15) is 10.7 Å². The number of para-hydroxylation sites is 1. The first-order chi connectivity index (χ1) is 17.9. The van der Waals surface area contributed by atoms with E-state index in [4.69, 9.17) is 27.9 Å². The van der Waals surface area contributed by atoms with Gasteiger partial charge in [0.05, 0.1) is 12.7 Å². The van der Waals surface area contributed by atoms with Crippen LogP contribution in [-0.2, 0) is 11.3 Å². The quantitative estimate of drug-likeness (QED) is 0.159. The Labute approximate surface area is 226 Å². The molecule has 186 valence electrons. The Bertz CT molecular complexity index is 1640. The molecule has 0 radical (unpaired) electrons. The molecule has 0 atom stereocenters. The Morgan fingerprint density at radius 1 is 1.11 bits per heavy atom. The van der Waals surface area contributed by atoms with E-state index in [-0.39, 0.29) is 10.1 Å². The maximum absolute atomic E-state index is 12.2. The molecule has 0 fully saturated rings. The normalized spacial score (nSPS) is 11.7. The first-order valence-corrected chi connectivity index (χ1v) is 12.7. The van der Waals surface area contributed by atoms with Gasteiger partial charge in [-0.25, -0.2) is 9.78 Å². The van der Waals surface area contributed by atoms with Gasteiger partial charge in [-0.15, -0.1) is 5.10 Å². The lowest BCUT2D eigenvalue weighted by atomic mass is 10.1. The zero-order valence-electron chi connectivity index (χ0n) is 19.5. The standard InChI is InChI=1S/C27H20Cl2N4O3S/c1-36-23-10-9-19(29)13-21(23)25-30-27(32-31-25)37-24(26(34)35)12-17-15-33(22-8-3-2-7-20(17)22)14-16-5-4-6-18(28)11-16/h2-13,15H,14H2,1H3,(H,34,35)(H,30,31,32)/b24-12-. The number of thioether (sulfide) groups is 1. The zero-order chi connectivity index (χ0) is 25.9. The summed E-state index contributed by atoms with van der Waals surface area (Å²) in [5.41, 5.74) is 3.42. The van der Waals surface area contributed by atoms with Crippen molar-refractivity contribution in [2.75, 3.05) is 7.11 Å². The average molecular weight is 551 g/mol. The number of aromatic amines is 1. The molecular weight excluding hydrogens is 531 g/mol. The van der Waals surface area contributed by atoms with Gasteiger partial charge in [-0.2, -0.15) is 0 Å². The number of aromatic nitrogens is 4. The van der Waals surface area contributed by atoms with E-state index in [0.717, 1.165) is 33.8 Å². The molecule has 0 aliphatic carbocycles. The van der Waals surface area contributed by atoms with Crippen LogP contribution in [0, 0.1) is 0 Å². The number of hydrogen-bond acceptors (Lipinski definition) is 5. The average Bonchev–Trinajstić information content (AvgIpc) is 3.49. The third-order valence-electron chi connectivity index (χ3n) is 5.64. The molecule has 0 spiro atoms. The molecule has 5 aromatic rings. The van der Waals surface area contributed by atoms with Crippen LogP contribution in [0.15, 0.2) is 83.0 Å². The molecule has 7 nitrogen and oxygen atoms in total. The summed E-state index contributed by atoms with van der Waals surface area (Å²) in [7, 11) is 1.55. The molecule has 5 rings (SSSR count). The van der Waals surface area contributed by atoms with Gasteiger partial charge < -0.3 is 14.4 Å². The number of H-pyrrole nitrogens is 1. The minimum atomic E-state index is -1.08. The van der Waals surface area contributed by atoms with E-state index in [1.54, 1.807) is 31.4 Å². The molecule has 10 heteroatoms. The molecule has 0 unspecified atom stereocenters. The van der Waals surface area contributed by atoms with Gasteiger partial charge in [-0.05, 0) is 59.8 Å². The van der Waals surface area contributed by atoms with E-state index in [1.165, 1.54) is 0 Å². The number of hydrogen-bond donors (Lipinski definition) is 2. The third kappa shape index (κ3) is 5.51. The summed E-state index contributed by atoms with van der Waals surface area (Å²) < 4.78 is 7.46. The fourth-order valence-corrected chi connectivity index (χ4v) is 5.09. The summed E-state index contributed by atoms with van der Waals surface area (Å²) >= 11 is 13.3. The Morgan fingerprint density at radius 2 is 1.92 bits per heavy atom. The van der Waals surface area contributed by atoms with E-state index in [9.17, 15) is 9.90 Å². The van der Waals surface area contributed by atoms with Crippen molar-refractivity contribution in [3.63, 3.8) is 0 Å². The van der Waals surface area contributed by atoms with Gasteiger partial charge >= 0.3 is 5.97 Å². The van der Waals surface area contributed by atoms with Crippen molar-refractivity contribution < 1.29 is 14.6 Å². The highest BCUT2D eigenvalue weighted by Crippen LogP contribution is 2.34. The number of carboxylic acid groups (broad SMARTS) is 1. The fourth-order valence-electron chi connectivity index (χ4n) is 4.01. The summed E-state index contributed by atoms with van der Waals surface area (Å²) in [6.45, 7) is 0.593. The van der Waals surface area contributed by atoms with Crippen LogP contribution in [0.5, 0.6) is 5.75 Å². The smallest absolute Gasteiger partial charge is 0.342 e. The number of halogens is 2. The van der Waals surface area contributed by atoms with Crippen molar-refractivity contribution in [3.8, 4) is 17.1 Å². The van der Waals surface area contributed by atoms with Crippen LogP contribution in [0.3, 0.4) is 0 Å². The van der Waals surface area contributed by atoms with Crippen LogP contribution in [0.4, 0.5) is 0 Å². The first-order valence-electron chi connectivity index (χ1n) is 11.1. The van der Waals surface area contributed by atoms with Crippen molar-refractivity contribution in [3.05, 3.63) is 99.0 Å². The Morgan fingerprint density at radius 3 is 2.70 bits per heavy atom. The second kappa shape index (κ2) is 10.7. The van der Waals surface area contributed by atoms with Gasteiger partial charge in [0.2, 0.25) is 5.16 Å². The number of ether oxygens (including phenoxy) is 1. The number of nitrogens with one attached hydrogen (secondary N) is 1. The number of carboxylic acids is 1. The number of aliphatic carboxylic acids is 1. The molecule has 2 N–H and O–H groups in total. The minimum Gasteiger partial charge on any atom is -0.496 e. The summed E-state index contributed by atoms with van der Waals surface area (Å²) in [4.78, 5) is 16.7. The lowest BCUT2D eigenvalue weighted by Crippen LogP contribution is -1.98. The van der Waals surface area contributed by atoms with Crippen LogP contribution in [0.1, 0.15) is 11.1 Å². The highest BCUT2D eigenvalue weighted by atomic mass is 35.5. The summed E-state index contributed by atoms with van der Waals surface area (Å²) in [6.07, 6.45) is 3.58. The predicted molar refractivity (Wildman–Crippen MR) is 147 cm³/mol. The highest BCUT2D eigenvalue weighted by molar-refractivity contribution is 8.04. The molecule has 0 amide bonds. The number of nitrogens with zero attached hydrogens (tertiary/aromatic N) is 3. The van der Waals surface area contributed by atoms with E-state index < -0.39 is 5.97 Å². The van der Waals surface area contributed by atoms with Crippen LogP contribution in [-0.4, -0.2) is 37.9 Å². The van der Waals surface area contributed by atoms with Crippen molar-refractivity contribution in [1.82, 2.24) is 19.7 Å². The van der Waals surface area contributed by atoms with Gasteiger partial charge in [-0.3, -0.25) is 5.10 Å². The topological polar surface area (TPSA) is 93.0 Å². The van der Waals surface area contributed by atoms with Gasteiger partial charge in [0, 0.05) is 39.3 Å². The number of rotatable bonds is 8. The van der Waals surface area contributed by atoms with Crippen LogP contribution in [0.2, 0.25) is 10.0 Å². The van der Waals surface area contributed by atoms with Crippen LogP contribution < -0.4 is 4.74 Å². The van der Waals surface area contributed by atoms with E-state index in [2.05, 4.69) is 19.7 Å². The SMILES string of the molecule is COc1ccc(Cl)cc1-c1nc(S/C(=C\c2cn(Cc3cccc(Cl)c3)c3ccccc23)C(=O)O)n[nH]1. The van der Waals surface area contributed by atoms with E-state index >= 15 is 0 Å². The van der Waals surface area contributed by atoms with Crippen molar-refractivity contribution in [1.29, 1.82) is 0 Å². The number of methoxy groups -OCH3 is 1. The molecule has 0 saturated heterocycles. The molecule has 2 heterocycles. The maximum atomic E-state index is 12.2. The lowest BCUT2D eigenvalue weighted by Gasteiger charge is -2.05. The molecule has 3 aromatic carbocycles. The van der Waals surface area contributed by atoms with Crippen LogP contribution >= 0.6 is 35.0 Å². The number of carbonyl (C=O) groups is 1. The number of benzene rings is 3. The predicted octanol–water partition coefficient (Wildman–Crippen LogP) is 7.01. The summed E-state index contributed by atoms with van der Waals surface area (Å²) in [5.74, 6) is -0.0910. The van der Waals surface area contributed by atoms with E-state index in [1.807, 2.05) is 54.7 Å². The number of fused-ring (bicyclic) bond motifs is 1. The summed E-state index contributed by atoms with van der Waals surface area (Å²) in [5, 5.41) is 19.4. The van der Waals surface area contributed by atoms with Gasteiger partial charge in [-0.1, -0.05) is 53.5 Å². The van der Waals surface area contributed by atoms with E-state index in [0.29, 0.717) is 33.7 Å². The third-order valence-corrected chi connectivity index (χ3v) is 6.99. The second-order valence-electron chi connectivity index (χ2n) is 8.09. The van der Waals surface area contributed by atoms with Crippen molar-refractivity contribution >= 4 is 57.9 Å². The Balaban J connectivity index is 1.48. The maximum Gasteiger partial charge on any atom is 0.342 e. The molecule has 0 bridgehead atoms. The molecule has 37 heavy (non-hydrogen) atoms. The monoisotopic (exact) mass is 550 g/mol.